The van der Waals surface area contributed by atoms with Gasteiger partial charge in [0.15, 0.2) is 0 Å². The summed E-state index contributed by atoms with van der Waals surface area (Å²) in [6.45, 7) is 0.677. The minimum Gasteiger partial charge on any atom is -0.354 e. The molecule has 0 aliphatic heterocycles. The van der Waals surface area contributed by atoms with Crippen molar-refractivity contribution >= 4 is 5.91 Å². The summed E-state index contributed by atoms with van der Waals surface area (Å²) in [5.74, 6) is 0.998. The third-order valence-corrected chi connectivity index (χ3v) is 4.49. The molecule has 3 heteroatoms. The molecular weight excluding hydrogens is 212 g/mol. The van der Waals surface area contributed by atoms with Crippen molar-refractivity contribution in [2.24, 2.45) is 11.7 Å². The standard InChI is InChI=1S/C14H26N2O/c15-14(9-4-10-14)11-16-13(17)8-7-12-5-2-1-3-6-12/h12H,1-11,15H2,(H,16,17). The second kappa shape index (κ2) is 5.85. The summed E-state index contributed by atoms with van der Waals surface area (Å²) in [7, 11) is 0. The normalized spacial score (nSPS) is 24.1. The summed E-state index contributed by atoms with van der Waals surface area (Å²) < 4.78 is 0. The van der Waals surface area contributed by atoms with Crippen molar-refractivity contribution in [3.63, 3.8) is 0 Å². The van der Waals surface area contributed by atoms with Crippen LogP contribution in [0.3, 0.4) is 0 Å². The SMILES string of the molecule is NC1(CNC(=O)CCC2CCCCC2)CCC1. The van der Waals surface area contributed by atoms with Crippen molar-refractivity contribution in [3.05, 3.63) is 0 Å². The fourth-order valence-corrected chi connectivity index (χ4v) is 2.98. The first-order valence-electron chi connectivity index (χ1n) is 7.24. The van der Waals surface area contributed by atoms with E-state index in [4.69, 9.17) is 5.73 Å². The molecule has 98 valence electrons. The monoisotopic (exact) mass is 238 g/mol. The highest BCUT2D eigenvalue weighted by molar-refractivity contribution is 5.75. The molecular formula is C14H26N2O. The van der Waals surface area contributed by atoms with E-state index in [1.54, 1.807) is 0 Å². The predicted molar refractivity (Wildman–Crippen MR) is 69.6 cm³/mol. The lowest BCUT2D eigenvalue weighted by Crippen LogP contribution is -2.54. The van der Waals surface area contributed by atoms with Crippen molar-refractivity contribution < 1.29 is 4.79 Å². The molecule has 0 aromatic rings. The number of amides is 1. The van der Waals surface area contributed by atoms with E-state index < -0.39 is 0 Å². The average Bonchev–Trinajstić information content (AvgIpc) is 2.33. The molecule has 0 unspecified atom stereocenters. The Kier molecular flexibility index (Phi) is 4.43. The van der Waals surface area contributed by atoms with E-state index in [0.717, 1.165) is 25.2 Å². The number of nitrogens with two attached hydrogens (primary N) is 1. The van der Waals surface area contributed by atoms with Crippen molar-refractivity contribution in [3.8, 4) is 0 Å². The number of nitrogens with one attached hydrogen (secondary N) is 1. The summed E-state index contributed by atoms with van der Waals surface area (Å²) in [6, 6.07) is 0. The highest BCUT2D eigenvalue weighted by Crippen LogP contribution is 2.29. The first kappa shape index (κ1) is 12.9. The molecule has 0 saturated heterocycles. The van der Waals surface area contributed by atoms with Gasteiger partial charge in [0.25, 0.3) is 0 Å². The highest BCUT2D eigenvalue weighted by atomic mass is 16.1. The molecule has 0 aromatic heterocycles. The quantitative estimate of drug-likeness (QED) is 0.772. The first-order chi connectivity index (χ1) is 8.18. The van der Waals surface area contributed by atoms with Crippen molar-refractivity contribution in [2.75, 3.05) is 6.54 Å². The Morgan fingerprint density at radius 2 is 1.88 bits per heavy atom. The van der Waals surface area contributed by atoms with Crippen LogP contribution in [0.4, 0.5) is 0 Å². The smallest absolute Gasteiger partial charge is 0.220 e. The lowest BCUT2D eigenvalue weighted by molar-refractivity contribution is -0.121. The van der Waals surface area contributed by atoms with Crippen LogP contribution >= 0.6 is 0 Å². The zero-order valence-electron chi connectivity index (χ0n) is 10.8. The molecule has 2 aliphatic carbocycles. The summed E-state index contributed by atoms with van der Waals surface area (Å²) in [6.07, 6.45) is 11.9. The second-order valence-electron chi connectivity index (χ2n) is 6.04. The Morgan fingerprint density at radius 3 is 2.47 bits per heavy atom. The van der Waals surface area contributed by atoms with E-state index in [1.807, 2.05) is 0 Å². The molecule has 0 spiro atoms. The Hall–Kier alpha value is -0.570. The molecule has 0 aromatic carbocycles. The number of hydrogen-bond acceptors (Lipinski definition) is 2. The number of rotatable bonds is 5. The van der Waals surface area contributed by atoms with Gasteiger partial charge in [-0.1, -0.05) is 32.1 Å². The summed E-state index contributed by atoms with van der Waals surface area (Å²) in [4.78, 5) is 11.7. The van der Waals surface area contributed by atoms with Gasteiger partial charge in [-0.15, -0.1) is 0 Å². The van der Waals surface area contributed by atoms with E-state index in [2.05, 4.69) is 5.32 Å². The van der Waals surface area contributed by atoms with Gasteiger partial charge in [-0.3, -0.25) is 4.79 Å². The third-order valence-electron chi connectivity index (χ3n) is 4.49. The molecule has 0 heterocycles. The van der Waals surface area contributed by atoms with Gasteiger partial charge in [0.1, 0.15) is 0 Å². The van der Waals surface area contributed by atoms with Gasteiger partial charge in [-0.2, -0.15) is 0 Å². The van der Waals surface area contributed by atoms with Crippen molar-refractivity contribution in [1.82, 2.24) is 5.32 Å². The number of carbonyl (C=O) groups excluding carboxylic acids is 1. The van der Waals surface area contributed by atoms with Crippen LogP contribution in [0.25, 0.3) is 0 Å². The summed E-state index contributed by atoms with van der Waals surface area (Å²) in [5.41, 5.74) is 5.99. The van der Waals surface area contributed by atoms with Crippen LogP contribution in [0.15, 0.2) is 0 Å². The van der Waals surface area contributed by atoms with Gasteiger partial charge >= 0.3 is 0 Å². The van der Waals surface area contributed by atoms with E-state index in [0.29, 0.717) is 13.0 Å². The molecule has 2 aliphatic rings. The molecule has 2 rings (SSSR count). The topological polar surface area (TPSA) is 55.1 Å². The molecule has 0 bridgehead atoms. The molecule has 3 N–H and O–H groups in total. The lowest BCUT2D eigenvalue weighted by Gasteiger charge is -2.38. The number of hydrogen-bond donors (Lipinski definition) is 2. The molecule has 0 atom stereocenters. The van der Waals surface area contributed by atoms with Crippen LogP contribution in [0.2, 0.25) is 0 Å². The molecule has 0 radical (unpaired) electrons. The third kappa shape index (κ3) is 3.98. The van der Waals surface area contributed by atoms with Crippen LogP contribution in [0.5, 0.6) is 0 Å². The average molecular weight is 238 g/mol. The van der Waals surface area contributed by atoms with E-state index >= 15 is 0 Å². The van der Waals surface area contributed by atoms with Crippen molar-refractivity contribution in [2.45, 2.75) is 69.7 Å². The van der Waals surface area contributed by atoms with Gasteiger partial charge < -0.3 is 11.1 Å². The maximum Gasteiger partial charge on any atom is 0.220 e. The highest BCUT2D eigenvalue weighted by Gasteiger charge is 2.32. The minimum atomic E-state index is -0.0828. The second-order valence-corrected chi connectivity index (χ2v) is 6.04. The fraction of sp³-hybridized carbons (Fsp3) is 0.929. The van der Waals surface area contributed by atoms with Gasteiger partial charge in [0, 0.05) is 18.5 Å². The molecule has 2 fully saturated rings. The largest absolute Gasteiger partial charge is 0.354 e. The van der Waals surface area contributed by atoms with E-state index in [9.17, 15) is 4.79 Å². The van der Waals surface area contributed by atoms with E-state index in [1.165, 1.54) is 38.5 Å². The Bertz CT molecular complexity index is 255. The van der Waals surface area contributed by atoms with Gasteiger partial charge in [0.05, 0.1) is 0 Å². The maximum absolute atomic E-state index is 11.7. The molecule has 1 amide bonds. The molecule has 3 nitrogen and oxygen atoms in total. The van der Waals surface area contributed by atoms with Crippen LogP contribution in [-0.4, -0.2) is 18.0 Å². The maximum atomic E-state index is 11.7. The number of carbonyl (C=O) groups is 1. The van der Waals surface area contributed by atoms with E-state index in [-0.39, 0.29) is 11.4 Å². The van der Waals surface area contributed by atoms with Crippen LogP contribution in [0.1, 0.15) is 64.2 Å². The Balaban J connectivity index is 1.57. The fourth-order valence-electron chi connectivity index (χ4n) is 2.98. The molecule has 17 heavy (non-hydrogen) atoms. The zero-order chi connectivity index (χ0) is 12.1. The summed E-state index contributed by atoms with van der Waals surface area (Å²) >= 11 is 0. The summed E-state index contributed by atoms with van der Waals surface area (Å²) in [5, 5.41) is 3.00. The zero-order valence-corrected chi connectivity index (χ0v) is 10.8. The van der Waals surface area contributed by atoms with Crippen LogP contribution in [0, 0.1) is 5.92 Å². The van der Waals surface area contributed by atoms with Crippen LogP contribution in [-0.2, 0) is 4.79 Å². The van der Waals surface area contributed by atoms with Gasteiger partial charge in [0.2, 0.25) is 5.91 Å². The Labute approximate surface area is 105 Å². The lowest BCUT2D eigenvalue weighted by atomic mass is 9.78. The van der Waals surface area contributed by atoms with Gasteiger partial charge in [-0.25, -0.2) is 0 Å². The van der Waals surface area contributed by atoms with Crippen molar-refractivity contribution in [1.29, 1.82) is 0 Å². The predicted octanol–water partition coefficient (Wildman–Crippen LogP) is 2.34. The first-order valence-corrected chi connectivity index (χ1v) is 7.24. The Morgan fingerprint density at radius 1 is 1.18 bits per heavy atom. The molecule has 2 saturated carbocycles. The minimum absolute atomic E-state index is 0.0828. The van der Waals surface area contributed by atoms with Gasteiger partial charge in [-0.05, 0) is 31.6 Å². The van der Waals surface area contributed by atoms with Crippen LogP contribution < -0.4 is 11.1 Å².